The molecule has 1 aromatic carbocycles. The van der Waals surface area contributed by atoms with Crippen LogP contribution in [0.2, 0.25) is 0 Å². The smallest absolute Gasteiger partial charge is 0.0350 e. The summed E-state index contributed by atoms with van der Waals surface area (Å²) >= 11 is 0. The molecule has 1 aromatic rings. The second-order valence-corrected chi connectivity index (χ2v) is 4.47. The minimum atomic E-state index is 0.588. The number of rotatable bonds is 1. The second kappa shape index (κ2) is 4.11. The number of likely N-dealkylation sites (tertiary alicyclic amines) is 1. The van der Waals surface area contributed by atoms with E-state index in [0.29, 0.717) is 5.92 Å². The maximum Gasteiger partial charge on any atom is 0.0350 e. The number of benzene rings is 1. The molecule has 3 nitrogen and oxygen atoms in total. The van der Waals surface area contributed by atoms with Gasteiger partial charge in [0.1, 0.15) is 0 Å². The standard InChI is InChI=1S/C12H19N3/c1-15-6-4-9(5-7-15)11-8-10(13)2-3-12(11)14/h2-3,8-9H,4-7,13-14H2,1H3. The fourth-order valence-electron chi connectivity index (χ4n) is 2.27. The molecule has 1 fully saturated rings. The van der Waals surface area contributed by atoms with E-state index < -0.39 is 0 Å². The lowest BCUT2D eigenvalue weighted by Gasteiger charge is -2.29. The second-order valence-electron chi connectivity index (χ2n) is 4.47. The van der Waals surface area contributed by atoms with Crippen LogP contribution in [0.15, 0.2) is 18.2 Å². The van der Waals surface area contributed by atoms with Gasteiger partial charge in [0.05, 0.1) is 0 Å². The van der Waals surface area contributed by atoms with E-state index in [1.807, 2.05) is 18.2 Å². The fourth-order valence-corrected chi connectivity index (χ4v) is 2.27. The van der Waals surface area contributed by atoms with Gasteiger partial charge in [0.25, 0.3) is 0 Å². The summed E-state index contributed by atoms with van der Waals surface area (Å²) in [4.78, 5) is 2.36. The van der Waals surface area contributed by atoms with Gasteiger partial charge in [0.15, 0.2) is 0 Å². The number of nitrogens with two attached hydrogens (primary N) is 2. The molecule has 0 radical (unpaired) electrons. The topological polar surface area (TPSA) is 55.3 Å². The Labute approximate surface area is 91.1 Å². The quantitative estimate of drug-likeness (QED) is 0.686. The first-order valence-electron chi connectivity index (χ1n) is 5.50. The predicted molar refractivity (Wildman–Crippen MR) is 64.7 cm³/mol. The third-order valence-corrected chi connectivity index (χ3v) is 3.27. The molecule has 0 amide bonds. The minimum absolute atomic E-state index is 0.588. The number of nitrogen functional groups attached to an aromatic ring is 2. The third kappa shape index (κ3) is 2.23. The maximum atomic E-state index is 5.99. The van der Waals surface area contributed by atoms with Gasteiger partial charge in [-0.2, -0.15) is 0 Å². The number of piperidine rings is 1. The van der Waals surface area contributed by atoms with Crippen molar-refractivity contribution in [2.45, 2.75) is 18.8 Å². The lowest BCUT2D eigenvalue weighted by molar-refractivity contribution is 0.255. The summed E-state index contributed by atoms with van der Waals surface area (Å²) in [7, 11) is 2.17. The third-order valence-electron chi connectivity index (χ3n) is 3.27. The van der Waals surface area contributed by atoms with Crippen LogP contribution in [0.25, 0.3) is 0 Å². The minimum Gasteiger partial charge on any atom is -0.399 e. The molecule has 0 unspecified atom stereocenters. The zero-order chi connectivity index (χ0) is 10.8. The summed E-state index contributed by atoms with van der Waals surface area (Å²) in [5.74, 6) is 0.588. The van der Waals surface area contributed by atoms with Gasteiger partial charge in [-0.3, -0.25) is 0 Å². The van der Waals surface area contributed by atoms with E-state index in [0.717, 1.165) is 24.5 Å². The van der Waals surface area contributed by atoms with Gasteiger partial charge in [0.2, 0.25) is 0 Å². The molecular weight excluding hydrogens is 186 g/mol. The molecule has 3 heteroatoms. The molecule has 1 saturated heterocycles. The highest BCUT2D eigenvalue weighted by atomic mass is 15.1. The van der Waals surface area contributed by atoms with E-state index in [2.05, 4.69) is 11.9 Å². The van der Waals surface area contributed by atoms with Crippen LogP contribution in [0.1, 0.15) is 24.3 Å². The molecule has 0 atom stereocenters. The van der Waals surface area contributed by atoms with Crippen molar-refractivity contribution in [3.63, 3.8) is 0 Å². The Morgan fingerprint density at radius 1 is 1.20 bits per heavy atom. The zero-order valence-electron chi connectivity index (χ0n) is 9.24. The number of nitrogens with zero attached hydrogens (tertiary/aromatic N) is 1. The van der Waals surface area contributed by atoms with Crippen LogP contribution in [0.5, 0.6) is 0 Å². The highest BCUT2D eigenvalue weighted by molar-refractivity contribution is 5.56. The van der Waals surface area contributed by atoms with Crippen LogP contribution in [0.3, 0.4) is 0 Å². The molecule has 1 aliphatic heterocycles. The molecule has 1 aliphatic rings. The van der Waals surface area contributed by atoms with E-state index in [4.69, 9.17) is 11.5 Å². The van der Waals surface area contributed by atoms with Crippen LogP contribution in [-0.2, 0) is 0 Å². The van der Waals surface area contributed by atoms with E-state index in [9.17, 15) is 0 Å². The lowest BCUT2D eigenvalue weighted by Crippen LogP contribution is -2.29. The number of hydrogen-bond donors (Lipinski definition) is 2. The van der Waals surface area contributed by atoms with Gasteiger partial charge in [-0.15, -0.1) is 0 Å². The van der Waals surface area contributed by atoms with Crippen molar-refractivity contribution in [3.05, 3.63) is 23.8 Å². The highest BCUT2D eigenvalue weighted by Gasteiger charge is 2.20. The fraction of sp³-hybridized carbons (Fsp3) is 0.500. The summed E-state index contributed by atoms with van der Waals surface area (Å²) < 4.78 is 0. The van der Waals surface area contributed by atoms with Crippen molar-refractivity contribution >= 4 is 11.4 Å². The van der Waals surface area contributed by atoms with Gasteiger partial charge >= 0.3 is 0 Å². The van der Waals surface area contributed by atoms with Crippen LogP contribution in [0.4, 0.5) is 11.4 Å². The Hall–Kier alpha value is -1.22. The monoisotopic (exact) mass is 205 g/mol. The normalized spacial score (nSPS) is 19.3. The van der Waals surface area contributed by atoms with Crippen molar-refractivity contribution in [1.82, 2.24) is 4.90 Å². The van der Waals surface area contributed by atoms with E-state index in [1.54, 1.807) is 0 Å². The van der Waals surface area contributed by atoms with Crippen LogP contribution in [0, 0.1) is 0 Å². The van der Waals surface area contributed by atoms with Gasteiger partial charge in [0, 0.05) is 11.4 Å². The average molecular weight is 205 g/mol. The molecule has 2 rings (SSSR count). The molecule has 82 valence electrons. The van der Waals surface area contributed by atoms with Gasteiger partial charge < -0.3 is 16.4 Å². The van der Waals surface area contributed by atoms with Crippen molar-refractivity contribution in [3.8, 4) is 0 Å². The van der Waals surface area contributed by atoms with Crippen LogP contribution in [-0.4, -0.2) is 25.0 Å². The van der Waals surface area contributed by atoms with Crippen molar-refractivity contribution in [2.75, 3.05) is 31.6 Å². The molecule has 0 aliphatic carbocycles. The largest absolute Gasteiger partial charge is 0.399 e. The molecule has 0 spiro atoms. The first kappa shape index (κ1) is 10.3. The lowest BCUT2D eigenvalue weighted by atomic mass is 9.88. The van der Waals surface area contributed by atoms with E-state index >= 15 is 0 Å². The average Bonchev–Trinajstić information content (AvgIpc) is 2.23. The van der Waals surface area contributed by atoms with Crippen molar-refractivity contribution in [2.24, 2.45) is 0 Å². The van der Waals surface area contributed by atoms with Crippen molar-refractivity contribution in [1.29, 1.82) is 0 Å². The molecule has 0 saturated carbocycles. The summed E-state index contributed by atoms with van der Waals surface area (Å²) in [5.41, 5.74) is 14.7. The van der Waals surface area contributed by atoms with Gasteiger partial charge in [-0.25, -0.2) is 0 Å². The molecule has 1 heterocycles. The zero-order valence-corrected chi connectivity index (χ0v) is 9.24. The summed E-state index contributed by atoms with van der Waals surface area (Å²) in [6, 6.07) is 5.82. The molecule has 4 N–H and O–H groups in total. The Morgan fingerprint density at radius 2 is 1.87 bits per heavy atom. The first-order chi connectivity index (χ1) is 7.16. The number of anilines is 2. The maximum absolute atomic E-state index is 5.99. The molecular formula is C12H19N3. The predicted octanol–water partition coefficient (Wildman–Crippen LogP) is 1.66. The summed E-state index contributed by atoms with van der Waals surface area (Å²) in [5, 5.41) is 0. The summed E-state index contributed by atoms with van der Waals surface area (Å²) in [6.45, 7) is 2.30. The molecule has 0 bridgehead atoms. The van der Waals surface area contributed by atoms with Gasteiger partial charge in [-0.1, -0.05) is 0 Å². The van der Waals surface area contributed by atoms with E-state index in [-0.39, 0.29) is 0 Å². The van der Waals surface area contributed by atoms with Crippen molar-refractivity contribution < 1.29 is 0 Å². The van der Waals surface area contributed by atoms with Crippen LogP contribution >= 0.6 is 0 Å². The SMILES string of the molecule is CN1CCC(c2cc(N)ccc2N)CC1. The van der Waals surface area contributed by atoms with Gasteiger partial charge in [-0.05, 0) is 62.7 Å². The Kier molecular flexibility index (Phi) is 2.82. The van der Waals surface area contributed by atoms with E-state index in [1.165, 1.54) is 18.4 Å². The molecule has 15 heavy (non-hydrogen) atoms. The van der Waals surface area contributed by atoms with Crippen LogP contribution < -0.4 is 11.5 Å². The summed E-state index contributed by atoms with van der Waals surface area (Å²) in [6.07, 6.45) is 2.37. The first-order valence-corrected chi connectivity index (χ1v) is 5.50. The molecule has 0 aromatic heterocycles. The Balaban J connectivity index is 2.18. The highest BCUT2D eigenvalue weighted by Crippen LogP contribution is 2.32. The Bertz CT molecular complexity index is 341. The number of hydrogen-bond acceptors (Lipinski definition) is 3. The Morgan fingerprint density at radius 3 is 2.53 bits per heavy atom.